The average molecular weight is 523 g/mol. The normalized spacial score (nSPS) is 16.4. The molecular formula is C32H34N2O3Si. The third kappa shape index (κ3) is 4.35. The van der Waals surface area contributed by atoms with Crippen molar-refractivity contribution < 1.29 is 14.0 Å². The summed E-state index contributed by atoms with van der Waals surface area (Å²) >= 11 is 0. The molecule has 1 unspecified atom stereocenters. The molecule has 1 aliphatic rings. The van der Waals surface area contributed by atoms with Crippen molar-refractivity contribution in [2.45, 2.75) is 26.0 Å². The van der Waals surface area contributed by atoms with Crippen LogP contribution in [0.3, 0.4) is 0 Å². The van der Waals surface area contributed by atoms with Crippen LogP contribution < -0.4 is 14.2 Å². The Morgan fingerprint density at radius 3 is 2.11 bits per heavy atom. The van der Waals surface area contributed by atoms with Crippen LogP contribution in [0.4, 0.5) is 17.1 Å². The lowest BCUT2D eigenvalue weighted by molar-refractivity contribution is 0.0248. The zero-order valence-electron chi connectivity index (χ0n) is 22.5. The molecule has 6 heteroatoms. The summed E-state index contributed by atoms with van der Waals surface area (Å²) < 4.78 is 12.7. The summed E-state index contributed by atoms with van der Waals surface area (Å²) in [6.07, 6.45) is 0. The van der Waals surface area contributed by atoms with E-state index < -0.39 is 15.4 Å². The van der Waals surface area contributed by atoms with E-state index in [1.807, 2.05) is 42.5 Å². The number of carbonyl (C=O) groups excluding carboxylic acids is 1. The number of esters is 1. The average Bonchev–Trinajstić information content (AvgIpc) is 3.27. The zero-order valence-corrected chi connectivity index (χ0v) is 23.9. The van der Waals surface area contributed by atoms with Crippen molar-refractivity contribution in [1.29, 1.82) is 0 Å². The zero-order chi connectivity index (χ0) is 26.7. The van der Waals surface area contributed by atoms with Crippen molar-refractivity contribution in [2.24, 2.45) is 0 Å². The summed E-state index contributed by atoms with van der Waals surface area (Å²) in [6.45, 7) is 8.22. The highest BCUT2D eigenvalue weighted by Gasteiger charge is 2.50. The van der Waals surface area contributed by atoms with Crippen LogP contribution in [0.25, 0.3) is 0 Å². The number of ether oxygens (including phenoxy) is 1. The van der Waals surface area contributed by atoms with E-state index >= 15 is 0 Å². The molecule has 194 valence electrons. The van der Waals surface area contributed by atoms with E-state index in [0.29, 0.717) is 5.56 Å². The first-order valence-electron chi connectivity index (χ1n) is 13.3. The maximum absolute atomic E-state index is 13.3. The number of nitrogens with zero attached hydrogens (tertiary/aromatic N) is 2. The van der Waals surface area contributed by atoms with Gasteiger partial charge in [-0.05, 0) is 62.9 Å². The Hall–Kier alpha value is -4.03. The minimum atomic E-state index is -1.10. The summed E-state index contributed by atoms with van der Waals surface area (Å²) in [5.74, 6) is 0.456. The first-order valence-corrected chi connectivity index (χ1v) is 15.3. The highest BCUT2D eigenvalue weighted by Crippen LogP contribution is 2.50. The summed E-state index contributed by atoms with van der Waals surface area (Å²) in [5.41, 5.74) is 5.31. The molecule has 1 atom stereocenters. The molecule has 0 N–H and O–H groups in total. The molecule has 0 radical (unpaired) electrons. The van der Waals surface area contributed by atoms with Crippen LogP contribution in [-0.2, 0) is 10.3 Å². The quantitative estimate of drug-likeness (QED) is 0.191. The minimum absolute atomic E-state index is 0.321. The van der Waals surface area contributed by atoms with Gasteiger partial charge in [-0.15, -0.1) is 0 Å². The molecule has 1 heterocycles. The predicted octanol–water partition coefficient (Wildman–Crippen LogP) is 6.27. The van der Waals surface area contributed by atoms with Gasteiger partial charge in [0.15, 0.2) is 5.60 Å². The van der Waals surface area contributed by atoms with Gasteiger partial charge in [0, 0.05) is 60.0 Å². The van der Waals surface area contributed by atoms with Gasteiger partial charge < -0.3 is 19.0 Å². The Balaban J connectivity index is 1.68. The number of anilines is 3. The molecule has 0 saturated heterocycles. The van der Waals surface area contributed by atoms with Crippen molar-refractivity contribution >= 4 is 32.8 Å². The molecule has 0 spiro atoms. The van der Waals surface area contributed by atoms with Crippen molar-refractivity contribution in [3.05, 3.63) is 119 Å². The van der Waals surface area contributed by atoms with Gasteiger partial charge in [-0.3, -0.25) is 0 Å². The summed E-state index contributed by atoms with van der Waals surface area (Å²) in [7, 11) is 1.26. The number of rotatable bonds is 9. The molecular weight excluding hydrogens is 488 g/mol. The minimum Gasteiger partial charge on any atom is -0.549 e. The predicted molar refractivity (Wildman–Crippen MR) is 158 cm³/mol. The molecule has 0 saturated carbocycles. The van der Waals surface area contributed by atoms with E-state index in [1.165, 1.54) is 0 Å². The van der Waals surface area contributed by atoms with E-state index in [1.54, 1.807) is 0 Å². The van der Waals surface area contributed by atoms with Crippen molar-refractivity contribution in [2.75, 3.05) is 29.9 Å². The van der Waals surface area contributed by atoms with Gasteiger partial charge >= 0.3 is 5.97 Å². The van der Waals surface area contributed by atoms with Gasteiger partial charge in [0.05, 0.1) is 5.56 Å². The van der Waals surface area contributed by atoms with E-state index in [0.717, 1.165) is 52.6 Å². The topological polar surface area (TPSA) is 42.0 Å². The summed E-state index contributed by atoms with van der Waals surface area (Å²) in [4.78, 5) is 17.7. The third-order valence-electron chi connectivity index (χ3n) is 7.35. The second-order valence-corrected chi connectivity index (χ2v) is 10.2. The van der Waals surface area contributed by atoms with Gasteiger partial charge in [-0.2, -0.15) is 0 Å². The molecule has 0 aliphatic carbocycles. The molecule has 4 aromatic rings. The van der Waals surface area contributed by atoms with Crippen LogP contribution >= 0.6 is 0 Å². The second kappa shape index (κ2) is 10.8. The maximum atomic E-state index is 13.3. The monoisotopic (exact) mass is 522 g/mol. The van der Waals surface area contributed by atoms with Crippen LogP contribution in [0.15, 0.2) is 97.1 Å². The smallest absolute Gasteiger partial charge is 0.340 e. The molecule has 5 rings (SSSR count). The highest BCUT2D eigenvalue weighted by molar-refractivity contribution is 6.26. The lowest BCUT2D eigenvalue weighted by Gasteiger charge is -2.33. The number of hydrogen-bond acceptors (Lipinski definition) is 5. The fourth-order valence-corrected chi connectivity index (χ4v) is 5.92. The van der Waals surface area contributed by atoms with Crippen LogP contribution in [0, 0.1) is 0 Å². The molecule has 0 aromatic heterocycles. The van der Waals surface area contributed by atoms with E-state index in [9.17, 15) is 4.79 Å². The van der Waals surface area contributed by atoms with Gasteiger partial charge in [0.25, 0.3) is 0 Å². The lowest BCUT2D eigenvalue weighted by atomic mass is 9.79. The number of carbonyl (C=O) groups is 1. The molecule has 0 bridgehead atoms. The summed E-state index contributed by atoms with van der Waals surface area (Å²) in [6, 6.07) is 32.5. The fourth-order valence-electron chi connectivity index (χ4n) is 5.37. The van der Waals surface area contributed by atoms with Crippen molar-refractivity contribution in [3.8, 4) is 5.75 Å². The van der Waals surface area contributed by atoms with Gasteiger partial charge in [-0.25, -0.2) is 4.79 Å². The lowest BCUT2D eigenvalue weighted by Crippen LogP contribution is -2.31. The number of fused-ring (bicyclic) bond motifs is 1. The van der Waals surface area contributed by atoms with E-state index in [-0.39, 0.29) is 5.97 Å². The Kier molecular flexibility index (Phi) is 7.25. The summed E-state index contributed by atoms with van der Waals surface area (Å²) in [5, 5.41) is 0. The van der Waals surface area contributed by atoms with Gasteiger partial charge in [0.2, 0.25) is 9.76 Å². The van der Waals surface area contributed by atoms with Crippen LogP contribution in [0.5, 0.6) is 5.75 Å². The highest BCUT2D eigenvalue weighted by atomic mass is 28.2. The third-order valence-corrected chi connectivity index (χ3v) is 7.95. The number of para-hydroxylation sites is 1. The van der Waals surface area contributed by atoms with Gasteiger partial charge in [-0.1, -0.05) is 48.5 Å². The second-order valence-electron chi connectivity index (χ2n) is 9.34. The molecule has 38 heavy (non-hydrogen) atoms. The van der Waals surface area contributed by atoms with Crippen LogP contribution in [0.1, 0.15) is 40.9 Å². The number of benzene rings is 4. The first kappa shape index (κ1) is 25.6. The maximum Gasteiger partial charge on any atom is 0.340 e. The van der Waals surface area contributed by atoms with Crippen molar-refractivity contribution in [1.82, 2.24) is 0 Å². The van der Waals surface area contributed by atoms with Crippen LogP contribution in [0.2, 0.25) is 6.55 Å². The van der Waals surface area contributed by atoms with Gasteiger partial charge in [0.1, 0.15) is 5.75 Å². The molecule has 5 nitrogen and oxygen atoms in total. The molecule has 4 aromatic carbocycles. The Bertz CT molecular complexity index is 1420. The molecule has 0 fully saturated rings. The fraction of sp³-hybridized carbons (Fsp3) is 0.219. The molecule has 0 amide bonds. The number of hydrogen-bond donors (Lipinski definition) is 0. The van der Waals surface area contributed by atoms with E-state index in [4.69, 9.17) is 9.16 Å². The van der Waals surface area contributed by atoms with Crippen molar-refractivity contribution in [3.63, 3.8) is 0 Å². The Labute approximate surface area is 227 Å². The Morgan fingerprint density at radius 1 is 0.789 bits per heavy atom. The largest absolute Gasteiger partial charge is 0.549 e. The SMILES string of the molecule is CCN(CC)c1ccc(C2(c3ccc(N(C)c4ccccc4)cc3)OC(=O)c3ccccc32)c(O[SiH2]C)c1. The van der Waals surface area contributed by atoms with Crippen LogP contribution in [-0.4, -0.2) is 35.9 Å². The van der Waals surface area contributed by atoms with E-state index in [2.05, 4.69) is 91.8 Å². The first-order chi connectivity index (χ1) is 18.5. The standard InChI is InChI=1S/C32H34N2O3Si/c1-5-34(6-2)26-20-21-29(30(22-26)37-38-4)32(28-15-11-10-14-27(28)31(35)36-32)23-16-18-25(19-17-23)33(3)24-12-8-7-9-13-24/h7-22H,5-6,38H2,1-4H3. The Morgan fingerprint density at radius 2 is 1.42 bits per heavy atom. The molecule has 1 aliphatic heterocycles. The number of cyclic esters (lactones) is 1.